The van der Waals surface area contributed by atoms with Gasteiger partial charge in [-0.3, -0.25) is 4.79 Å². The number of hydrogen-bond donors (Lipinski definition) is 2. The second-order valence-corrected chi connectivity index (χ2v) is 11.7. The fourth-order valence-electron chi connectivity index (χ4n) is 4.97. The molecule has 2 aromatic heterocycles. The normalized spacial score (nSPS) is 16.4. The molecule has 6 rings (SSSR count). The number of hydrogen-bond acceptors (Lipinski definition) is 4. The molecular formula is C32H28F6N4O. The van der Waals surface area contributed by atoms with Crippen LogP contribution in [0.4, 0.5) is 38.0 Å². The van der Waals surface area contributed by atoms with E-state index in [1.807, 2.05) is 6.07 Å². The van der Waals surface area contributed by atoms with E-state index in [9.17, 15) is 31.1 Å². The number of anilines is 2. The van der Waals surface area contributed by atoms with Gasteiger partial charge in [0.15, 0.2) is 0 Å². The summed E-state index contributed by atoms with van der Waals surface area (Å²) in [5, 5.41) is 5.93. The number of pyridine rings is 2. The average Bonchev–Trinajstić information content (AvgIpc) is 3.38. The van der Waals surface area contributed by atoms with Gasteiger partial charge in [0.2, 0.25) is 5.91 Å². The highest BCUT2D eigenvalue weighted by atomic mass is 19.4. The largest absolute Gasteiger partial charge is 0.416 e. The molecule has 0 saturated heterocycles. The van der Waals surface area contributed by atoms with E-state index in [2.05, 4.69) is 34.4 Å². The first-order chi connectivity index (χ1) is 20.0. The number of carbonyl (C=O) groups excluding carboxylic acids is 1. The van der Waals surface area contributed by atoms with Crippen LogP contribution >= 0.6 is 0 Å². The minimum Gasteiger partial charge on any atom is -0.369 e. The van der Waals surface area contributed by atoms with Crippen molar-refractivity contribution in [2.75, 3.05) is 17.2 Å². The van der Waals surface area contributed by atoms with Crippen molar-refractivity contribution in [1.29, 1.82) is 0 Å². The number of rotatable bonds is 2. The first kappa shape index (κ1) is 30.1. The maximum Gasteiger partial charge on any atom is 0.416 e. The Balaban J connectivity index is 0.000000171. The zero-order valence-corrected chi connectivity index (χ0v) is 23.7. The molecule has 2 aliphatic heterocycles. The number of fused-ring (bicyclic) bond motifs is 2. The molecule has 0 bridgehead atoms. The van der Waals surface area contributed by atoms with Crippen LogP contribution in [0.25, 0.3) is 22.3 Å². The first-order valence-electron chi connectivity index (χ1n) is 13.4. The summed E-state index contributed by atoms with van der Waals surface area (Å²) >= 11 is 0. The highest BCUT2D eigenvalue weighted by Gasteiger charge is 2.39. The van der Waals surface area contributed by atoms with Crippen molar-refractivity contribution in [3.63, 3.8) is 0 Å². The Kier molecular flexibility index (Phi) is 7.27. The molecule has 0 fully saturated rings. The Morgan fingerprint density at radius 2 is 1.09 bits per heavy atom. The molecule has 5 nitrogen and oxygen atoms in total. The highest BCUT2D eigenvalue weighted by Crippen LogP contribution is 2.39. The molecule has 0 atom stereocenters. The van der Waals surface area contributed by atoms with Gasteiger partial charge in [-0.1, -0.05) is 38.1 Å². The Hall–Kier alpha value is -4.41. The molecule has 43 heavy (non-hydrogen) atoms. The lowest BCUT2D eigenvalue weighted by Crippen LogP contribution is -2.26. The number of amides is 1. The second kappa shape index (κ2) is 10.4. The monoisotopic (exact) mass is 598 g/mol. The maximum atomic E-state index is 12.6. The van der Waals surface area contributed by atoms with Gasteiger partial charge in [0.05, 0.1) is 16.5 Å². The molecule has 0 aliphatic carbocycles. The summed E-state index contributed by atoms with van der Waals surface area (Å²) in [6.07, 6.45) is -5.42. The molecule has 0 spiro atoms. The standard InChI is InChI=1S/C16H13F3N2O.C16H15F3N2/c1-15(2)12-7-10(8-20-13(12)21-14(15)22)9-3-5-11(6-4-9)16(17,18)19;1-15(2)9-21-14-13(15)7-11(8-20-14)10-3-5-12(6-4-10)16(17,18)19/h3-8H,1-2H3,(H,20,21,22);3-8H,9H2,1-2H3,(H,20,21). The van der Waals surface area contributed by atoms with Gasteiger partial charge in [0.25, 0.3) is 0 Å². The Labute approximate surface area is 244 Å². The van der Waals surface area contributed by atoms with E-state index in [0.29, 0.717) is 16.9 Å². The number of nitrogens with zero attached hydrogens (tertiary/aromatic N) is 2. The van der Waals surface area contributed by atoms with Crippen LogP contribution < -0.4 is 10.6 Å². The van der Waals surface area contributed by atoms with Crippen LogP contribution in [0.5, 0.6) is 0 Å². The van der Waals surface area contributed by atoms with Crippen molar-refractivity contribution in [3.8, 4) is 22.3 Å². The SMILES string of the molecule is CC1(C)C(=O)Nc2ncc(-c3ccc(C(F)(F)F)cc3)cc21.CC1(C)CNc2ncc(-c3ccc(C(F)(F)F)cc3)cc21. The van der Waals surface area contributed by atoms with Gasteiger partial charge < -0.3 is 10.6 Å². The predicted molar refractivity (Wildman–Crippen MR) is 153 cm³/mol. The van der Waals surface area contributed by atoms with Crippen LogP contribution in [0.1, 0.15) is 49.9 Å². The number of aromatic nitrogens is 2. The van der Waals surface area contributed by atoms with Crippen molar-refractivity contribution in [3.05, 3.63) is 95.3 Å². The third-order valence-electron chi connectivity index (χ3n) is 7.77. The minimum atomic E-state index is -4.35. The van der Waals surface area contributed by atoms with Crippen molar-refractivity contribution in [2.24, 2.45) is 0 Å². The number of carbonyl (C=O) groups is 1. The summed E-state index contributed by atoms with van der Waals surface area (Å²) in [6, 6.07) is 13.9. The Morgan fingerprint density at radius 3 is 1.56 bits per heavy atom. The van der Waals surface area contributed by atoms with E-state index < -0.39 is 28.9 Å². The molecule has 4 heterocycles. The van der Waals surface area contributed by atoms with Gasteiger partial charge in [-0.25, -0.2) is 9.97 Å². The molecule has 224 valence electrons. The molecule has 11 heteroatoms. The molecule has 2 aromatic carbocycles. The molecule has 0 unspecified atom stereocenters. The first-order valence-corrected chi connectivity index (χ1v) is 13.4. The van der Waals surface area contributed by atoms with E-state index in [4.69, 9.17) is 0 Å². The molecule has 4 aromatic rings. The molecule has 2 aliphatic rings. The number of nitrogens with one attached hydrogen (secondary N) is 2. The van der Waals surface area contributed by atoms with E-state index in [0.717, 1.165) is 58.9 Å². The Bertz CT molecular complexity index is 1670. The summed E-state index contributed by atoms with van der Waals surface area (Å²) in [5.41, 5.74) is 2.66. The number of benzene rings is 2. The van der Waals surface area contributed by atoms with Gasteiger partial charge in [-0.15, -0.1) is 0 Å². The van der Waals surface area contributed by atoms with Crippen LogP contribution in [-0.4, -0.2) is 22.4 Å². The molecule has 0 saturated carbocycles. The molecule has 0 radical (unpaired) electrons. The molecule has 2 N–H and O–H groups in total. The zero-order valence-electron chi connectivity index (χ0n) is 23.7. The molecular weight excluding hydrogens is 570 g/mol. The van der Waals surface area contributed by atoms with Crippen LogP contribution in [0.2, 0.25) is 0 Å². The van der Waals surface area contributed by atoms with Gasteiger partial charge in [-0.2, -0.15) is 26.3 Å². The fraction of sp³-hybridized carbons (Fsp3) is 0.281. The summed E-state index contributed by atoms with van der Waals surface area (Å²) in [6.45, 7) is 8.61. The van der Waals surface area contributed by atoms with Gasteiger partial charge in [-0.05, 0) is 61.4 Å². The lowest BCUT2D eigenvalue weighted by atomic mass is 9.86. The predicted octanol–water partition coefficient (Wildman–Crippen LogP) is 8.47. The van der Waals surface area contributed by atoms with Crippen molar-refractivity contribution in [1.82, 2.24) is 9.97 Å². The summed E-state index contributed by atoms with van der Waals surface area (Å²) in [5.74, 6) is 1.22. The molecule has 1 amide bonds. The van der Waals surface area contributed by atoms with Gasteiger partial charge >= 0.3 is 12.4 Å². The van der Waals surface area contributed by atoms with Crippen molar-refractivity contribution >= 4 is 17.5 Å². The zero-order chi connectivity index (χ0) is 31.4. The van der Waals surface area contributed by atoms with E-state index in [-0.39, 0.29) is 11.3 Å². The van der Waals surface area contributed by atoms with Crippen LogP contribution in [0.3, 0.4) is 0 Å². The number of alkyl halides is 6. The summed E-state index contributed by atoms with van der Waals surface area (Å²) in [7, 11) is 0. The smallest absolute Gasteiger partial charge is 0.369 e. The average molecular weight is 599 g/mol. The number of halogens is 6. The van der Waals surface area contributed by atoms with E-state index in [1.165, 1.54) is 24.3 Å². The quantitative estimate of drug-likeness (QED) is 0.227. The lowest BCUT2D eigenvalue weighted by molar-refractivity contribution is -0.138. The summed E-state index contributed by atoms with van der Waals surface area (Å²) < 4.78 is 75.5. The van der Waals surface area contributed by atoms with Crippen molar-refractivity contribution in [2.45, 2.75) is 50.9 Å². The van der Waals surface area contributed by atoms with Gasteiger partial charge in [0.1, 0.15) is 11.6 Å². The van der Waals surface area contributed by atoms with E-state index >= 15 is 0 Å². The van der Waals surface area contributed by atoms with Crippen molar-refractivity contribution < 1.29 is 31.1 Å². The third kappa shape index (κ3) is 5.93. The fourth-order valence-corrected chi connectivity index (χ4v) is 4.97. The van der Waals surface area contributed by atoms with Crippen LogP contribution in [0.15, 0.2) is 73.1 Å². The van der Waals surface area contributed by atoms with Crippen LogP contribution in [-0.2, 0) is 28.0 Å². The van der Waals surface area contributed by atoms with Gasteiger partial charge in [0, 0.05) is 46.6 Å². The lowest BCUT2D eigenvalue weighted by Gasteiger charge is -2.17. The summed E-state index contributed by atoms with van der Waals surface area (Å²) in [4.78, 5) is 20.4. The second-order valence-electron chi connectivity index (χ2n) is 11.7. The topological polar surface area (TPSA) is 66.9 Å². The Morgan fingerprint density at radius 1 is 0.651 bits per heavy atom. The van der Waals surface area contributed by atoms with E-state index in [1.54, 1.807) is 32.3 Å². The third-order valence-corrected chi connectivity index (χ3v) is 7.77. The maximum absolute atomic E-state index is 12.6. The highest BCUT2D eigenvalue weighted by molar-refractivity contribution is 6.05. The van der Waals surface area contributed by atoms with Crippen LogP contribution in [0, 0.1) is 0 Å². The minimum absolute atomic E-state index is 0.0236.